The van der Waals surface area contributed by atoms with E-state index in [-0.39, 0.29) is 31.0 Å². The molecule has 7 heteroatoms. The molecular formula is C18H24N2O5. The Labute approximate surface area is 147 Å². The number of carbonyl (C=O) groups excluding carboxylic acids is 2. The molecule has 0 aromatic heterocycles. The predicted octanol–water partition coefficient (Wildman–Crippen LogP) is 0.778. The summed E-state index contributed by atoms with van der Waals surface area (Å²) in [7, 11) is 0. The predicted molar refractivity (Wildman–Crippen MR) is 91.0 cm³/mol. The average Bonchev–Trinajstić information content (AvgIpc) is 2.58. The standard InChI is InChI=1S/C18H24N2O5/c1-13-10-20(11-16(25-13)18(23)24)17(22)12-19(14(2)21)9-8-15-6-4-3-5-7-15/h3-7,13,16H,8-12H2,1-2H3,(H,23,24)/t13-,16?/m1/s1. The number of hydrogen-bond acceptors (Lipinski definition) is 4. The van der Waals surface area contributed by atoms with E-state index in [1.807, 2.05) is 30.3 Å². The maximum absolute atomic E-state index is 12.5. The van der Waals surface area contributed by atoms with Crippen molar-refractivity contribution in [2.75, 3.05) is 26.2 Å². The summed E-state index contributed by atoms with van der Waals surface area (Å²) >= 11 is 0. The average molecular weight is 348 g/mol. The lowest BCUT2D eigenvalue weighted by atomic mass is 10.1. The van der Waals surface area contributed by atoms with Crippen LogP contribution in [0.3, 0.4) is 0 Å². The van der Waals surface area contributed by atoms with Crippen molar-refractivity contribution in [2.24, 2.45) is 0 Å². The molecule has 1 heterocycles. The van der Waals surface area contributed by atoms with Crippen molar-refractivity contribution in [2.45, 2.75) is 32.5 Å². The van der Waals surface area contributed by atoms with Crippen LogP contribution in [0.15, 0.2) is 30.3 Å². The summed E-state index contributed by atoms with van der Waals surface area (Å²) in [6.07, 6.45) is -0.720. The zero-order valence-corrected chi connectivity index (χ0v) is 14.6. The summed E-state index contributed by atoms with van der Waals surface area (Å²) in [6.45, 7) is 3.87. The van der Waals surface area contributed by atoms with Gasteiger partial charge in [0, 0.05) is 20.0 Å². The van der Waals surface area contributed by atoms with Crippen molar-refractivity contribution >= 4 is 17.8 Å². The van der Waals surface area contributed by atoms with Crippen LogP contribution in [0.1, 0.15) is 19.4 Å². The fraction of sp³-hybridized carbons (Fsp3) is 0.500. The topological polar surface area (TPSA) is 87.2 Å². The first-order valence-electron chi connectivity index (χ1n) is 8.32. The Balaban J connectivity index is 1.95. The van der Waals surface area contributed by atoms with Crippen molar-refractivity contribution in [3.8, 4) is 0 Å². The number of carboxylic acids is 1. The third-order valence-corrected chi connectivity index (χ3v) is 4.17. The molecule has 2 atom stereocenters. The lowest BCUT2D eigenvalue weighted by Gasteiger charge is -2.36. The molecule has 1 saturated heterocycles. The van der Waals surface area contributed by atoms with E-state index in [0.29, 0.717) is 19.5 Å². The van der Waals surface area contributed by atoms with Crippen molar-refractivity contribution < 1.29 is 24.2 Å². The fourth-order valence-corrected chi connectivity index (χ4v) is 2.81. The molecule has 1 aliphatic rings. The monoisotopic (exact) mass is 348 g/mol. The number of carbonyl (C=O) groups is 3. The van der Waals surface area contributed by atoms with Crippen molar-refractivity contribution in [3.05, 3.63) is 35.9 Å². The van der Waals surface area contributed by atoms with Gasteiger partial charge in [-0.25, -0.2) is 4.79 Å². The number of morpholine rings is 1. The van der Waals surface area contributed by atoms with Crippen LogP contribution in [0.5, 0.6) is 0 Å². The van der Waals surface area contributed by atoms with Crippen molar-refractivity contribution in [1.29, 1.82) is 0 Å². The summed E-state index contributed by atoms with van der Waals surface area (Å²) in [4.78, 5) is 38.5. The summed E-state index contributed by atoms with van der Waals surface area (Å²) < 4.78 is 5.31. The maximum Gasteiger partial charge on any atom is 0.334 e. The molecule has 1 aromatic carbocycles. The van der Waals surface area contributed by atoms with Crippen LogP contribution in [-0.4, -0.2) is 71.1 Å². The van der Waals surface area contributed by atoms with Crippen LogP contribution in [0.2, 0.25) is 0 Å². The van der Waals surface area contributed by atoms with Gasteiger partial charge in [0.05, 0.1) is 19.2 Å². The molecule has 1 aromatic rings. The summed E-state index contributed by atoms with van der Waals surface area (Å²) in [5, 5.41) is 9.11. The second-order valence-corrected chi connectivity index (χ2v) is 6.25. The first-order valence-corrected chi connectivity index (χ1v) is 8.32. The van der Waals surface area contributed by atoms with Crippen molar-refractivity contribution in [3.63, 3.8) is 0 Å². The van der Waals surface area contributed by atoms with Crippen LogP contribution < -0.4 is 0 Å². The Morgan fingerprint density at radius 1 is 1.24 bits per heavy atom. The highest BCUT2D eigenvalue weighted by Gasteiger charge is 2.33. The van der Waals surface area contributed by atoms with E-state index >= 15 is 0 Å². The molecule has 25 heavy (non-hydrogen) atoms. The Hall–Kier alpha value is -2.41. The number of rotatable bonds is 6. The maximum atomic E-state index is 12.5. The van der Waals surface area contributed by atoms with E-state index in [0.717, 1.165) is 5.56 Å². The largest absolute Gasteiger partial charge is 0.479 e. The Morgan fingerprint density at radius 2 is 1.92 bits per heavy atom. The van der Waals surface area contributed by atoms with E-state index in [9.17, 15) is 14.4 Å². The molecule has 2 amide bonds. The third-order valence-electron chi connectivity index (χ3n) is 4.17. The highest BCUT2D eigenvalue weighted by molar-refractivity contribution is 5.84. The Morgan fingerprint density at radius 3 is 2.52 bits per heavy atom. The fourth-order valence-electron chi connectivity index (χ4n) is 2.81. The van der Waals surface area contributed by atoms with Crippen LogP contribution in [0, 0.1) is 0 Å². The normalized spacial score (nSPS) is 20.2. The first kappa shape index (κ1) is 18.9. The van der Waals surface area contributed by atoms with Gasteiger partial charge in [-0.05, 0) is 18.9 Å². The second-order valence-electron chi connectivity index (χ2n) is 6.25. The minimum absolute atomic E-state index is 0.00291. The first-order chi connectivity index (χ1) is 11.9. The molecule has 136 valence electrons. The van der Waals surface area contributed by atoms with Gasteiger partial charge in [-0.2, -0.15) is 0 Å². The molecule has 1 fully saturated rings. The third kappa shape index (κ3) is 5.56. The lowest BCUT2D eigenvalue weighted by molar-refractivity contribution is -0.167. The molecule has 1 N–H and O–H groups in total. The number of nitrogens with zero attached hydrogens (tertiary/aromatic N) is 2. The quantitative estimate of drug-likeness (QED) is 0.821. The molecule has 1 aliphatic heterocycles. The van der Waals surface area contributed by atoms with Gasteiger partial charge in [-0.1, -0.05) is 30.3 Å². The molecule has 0 bridgehead atoms. The van der Waals surface area contributed by atoms with E-state index in [1.54, 1.807) is 6.92 Å². The highest BCUT2D eigenvalue weighted by atomic mass is 16.5. The van der Waals surface area contributed by atoms with E-state index < -0.39 is 12.1 Å². The van der Waals surface area contributed by atoms with Gasteiger partial charge in [0.1, 0.15) is 0 Å². The molecule has 0 aliphatic carbocycles. The number of aliphatic carboxylic acids is 1. The van der Waals surface area contributed by atoms with Crippen LogP contribution in [-0.2, 0) is 25.5 Å². The number of benzene rings is 1. The second kappa shape index (κ2) is 8.62. The smallest absolute Gasteiger partial charge is 0.334 e. The zero-order valence-electron chi connectivity index (χ0n) is 14.6. The van der Waals surface area contributed by atoms with Crippen LogP contribution in [0.4, 0.5) is 0 Å². The summed E-state index contributed by atoms with van der Waals surface area (Å²) in [5.74, 6) is -1.53. The van der Waals surface area contributed by atoms with Crippen LogP contribution >= 0.6 is 0 Å². The van der Waals surface area contributed by atoms with Gasteiger partial charge in [0.2, 0.25) is 11.8 Å². The lowest BCUT2D eigenvalue weighted by Crippen LogP contribution is -2.54. The van der Waals surface area contributed by atoms with Crippen molar-refractivity contribution in [1.82, 2.24) is 9.80 Å². The SMILES string of the molecule is CC(=O)N(CCc1ccccc1)CC(=O)N1CC(C(=O)O)O[C@H](C)C1. The molecular weight excluding hydrogens is 324 g/mol. The van der Waals surface area contributed by atoms with Gasteiger partial charge in [0.15, 0.2) is 6.10 Å². The number of ether oxygens (including phenoxy) is 1. The minimum atomic E-state index is -1.09. The van der Waals surface area contributed by atoms with Gasteiger partial charge >= 0.3 is 5.97 Å². The Bertz CT molecular complexity index is 619. The van der Waals surface area contributed by atoms with Crippen LogP contribution in [0.25, 0.3) is 0 Å². The highest BCUT2D eigenvalue weighted by Crippen LogP contribution is 2.12. The minimum Gasteiger partial charge on any atom is -0.479 e. The van der Waals surface area contributed by atoms with Gasteiger partial charge in [-0.3, -0.25) is 9.59 Å². The van der Waals surface area contributed by atoms with Gasteiger partial charge in [-0.15, -0.1) is 0 Å². The molecule has 2 rings (SSSR count). The number of hydrogen-bond donors (Lipinski definition) is 1. The van der Waals surface area contributed by atoms with E-state index in [1.165, 1.54) is 16.7 Å². The number of carboxylic acid groups (broad SMARTS) is 1. The molecule has 7 nitrogen and oxygen atoms in total. The van der Waals surface area contributed by atoms with Gasteiger partial charge in [0.25, 0.3) is 0 Å². The van der Waals surface area contributed by atoms with Gasteiger partial charge < -0.3 is 19.6 Å². The Kier molecular flexibility index (Phi) is 6.52. The molecule has 0 spiro atoms. The zero-order chi connectivity index (χ0) is 18.4. The van der Waals surface area contributed by atoms with E-state index in [4.69, 9.17) is 9.84 Å². The molecule has 0 radical (unpaired) electrons. The molecule has 1 unspecified atom stereocenters. The summed E-state index contributed by atoms with van der Waals surface area (Å²) in [5.41, 5.74) is 1.09. The van der Waals surface area contributed by atoms with E-state index in [2.05, 4.69) is 0 Å². The molecule has 0 saturated carbocycles. The summed E-state index contributed by atoms with van der Waals surface area (Å²) in [6, 6.07) is 9.73. The number of amides is 2.